The normalized spacial score (nSPS) is 14.3. The molecule has 0 amide bonds. The Bertz CT molecular complexity index is 179. The van der Waals surface area contributed by atoms with Crippen molar-refractivity contribution in [3.05, 3.63) is 0 Å². The zero-order valence-corrected chi connectivity index (χ0v) is 12.5. The van der Waals surface area contributed by atoms with E-state index in [1.807, 2.05) is 0 Å². The van der Waals surface area contributed by atoms with E-state index in [9.17, 15) is 0 Å². The van der Waals surface area contributed by atoms with Gasteiger partial charge in [-0.25, -0.2) is 0 Å². The Hall–Kier alpha value is -0.120. The molecule has 0 bridgehead atoms. The highest BCUT2D eigenvalue weighted by Gasteiger charge is 2.21. The Kier molecular flexibility index (Phi) is 8.83. The van der Waals surface area contributed by atoms with E-state index in [0.717, 1.165) is 6.54 Å². The number of unbranched alkanes of at least 4 members (excludes halogenated alkanes) is 2. The number of hydrogen-bond acceptors (Lipinski definition) is 3. The molecule has 0 heterocycles. The summed E-state index contributed by atoms with van der Waals surface area (Å²) in [5, 5.41) is 3.50. The molecule has 0 rings (SSSR count). The molecule has 0 aromatic rings. The topological polar surface area (TPSA) is 30.5 Å². The molecule has 0 spiro atoms. The summed E-state index contributed by atoms with van der Waals surface area (Å²) in [6, 6.07) is 0.218. The third-order valence-corrected chi connectivity index (χ3v) is 3.23. The molecule has 0 fully saturated rings. The molecule has 1 atom stereocenters. The maximum absolute atomic E-state index is 5.24. The molecule has 3 heteroatoms. The van der Waals surface area contributed by atoms with E-state index in [2.05, 4.69) is 33.0 Å². The van der Waals surface area contributed by atoms with E-state index in [-0.39, 0.29) is 12.3 Å². The van der Waals surface area contributed by atoms with Gasteiger partial charge in [-0.1, -0.05) is 40.0 Å². The highest BCUT2D eigenvalue weighted by Crippen LogP contribution is 2.23. The van der Waals surface area contributed by atoms with Gasteiger partial charge < -0.3 is 14.8 Å². The van der Waals surface area contributed by atoms with Gasteiger partial charge in [-0.2, -0.15) is 0 Å². The molecular weight excluding hydrogens is 214 g/mol. The van der Waals surface area contributed by atoms with Crippen LogP contribution in [0.15, 0.2) is 0 Å². The minimum absolute atomic E-state index is 0.165. The molecule has 1 N–H and O–H groups in total. The third kappa shape index (κ3) is 7.74. The summed E-state index contributed by atoms with van der Waals surface area (Å²) < 4.78 is 10.5. The first-order chi connectivity index (χ1) is 7.96. The lowest BCUT2D eigenvalue weighted by Gasteiger charge is -2.29. The van der Waals surface area contributed by atoms with Gasteiger partial charge in [0, 0.05) is 20.8 Å². The van der Waals surface area contributed by atoms with Gasteiger partial charge in [0.15, 0.2) is 6.29 Å². The van der Waals surface area contributed by atoms with Crippen LogP contribution in [0.2, 0.25) is 0 Å². The van der Waals surface area contributed by atoms with Crippen LogP contribution in [0.5, 0.6) is 0 Å². The SMILES string of the molecule is CCCCCC(C)(C)CNC(C)C(OC)OC. The summed E-state index contributed by atoms with van der Waals surface area (Å²) in [4.78, 5) is 0. The van der Waals surface area contributed by atoms with Gasteiger partial charge in [0.2, 0.25) is 0 Å². The van der Waals surface area contributed by atoms with Crippen LogP contribution in [-0.2, 0) is 9.47 Å². The van der Waals surface area contributed by atoms with Crippen molar-refractivity contribution in [2.24, 2.45) is 5.41 Å². The smallest absolute Gasteiger partial charge is 0.171 e. The van der Waals surface area contributed by atoms with Crippen LogP contribution in [0, 0.1) is 5.41 Å². The van der Waals surface area contributed by atoms with Crippen LogP contribution in [0.25, 0.3) is 0 Å². The van der Waals surface area contributed by atoms with Crippen molar-refractivity contribution in [2.75, 3.05) is 20.8 Å². The van der Waals surface area contributed by atoms with Crippen LogP contribution < -0.4 is 5.32 Å². The van der Waals surface area contributed by atoms with Crippen molar-refractivity contribution >= 4 is 0 Å². The predicted molar refractivity (Wildman–Crippen MR) is 73.2 cm³/mol. The van der Waals surface area contributed by atoms with Gasteiger partial charge in [-0.05, 0) is 18.8 Å². The predicted octanol–water partition coefficient (Wildman–Crippen LogP) is 3.19. The van der Waals surface area contributed by atoms with E-state index in [0.29, 0.717) is 5.41 Å². The molecule has 1 unspecified atom stereocenters. The maximum Gasteiger partial charge on any atom is 0.171 e. The minimum atomic E-state index is -0.165. The second-order valence-electron chi connectivity index (χ2n) is 5.63. The van der Waals surface area contributed by atoms with E-state index in [4.69, 9.17) is 9.47 Å². The zero-order valence-electron chi connectivity index (χ0n) is 12.5. The summed E-state index contributed by atoms with van der Waals surface area (Å²) in [6.45, 7) is 9.98. The average Bonchev–Trinajstić information content (AvgIpc) is 2.28. The van der Waals surface area contributed by atoms with Crippen LogP contribution >= 0.6 is 0 Å². The van der Waals surface area contributed by atoms with Crippen LogP contribution in [0.1, 0.15) is 53.4 Å². The van der Waals surface area contributed by atoms with Crippen LogP contribution in [-0.4, -0.2) is 33.1 Å². The molecule has 0 aromatic heterocycles. The van der Waals surface area contributed by atoms with Gasteiger partial charge in [-0.15, -0.1) is 0 Å². The van der Waals surface area contributed by atoms with E-state index >= 15 is 0 Å². The largest absolute Gasteiger partial charge is 0.354 e. The average molecular weight is 245 g/mol. The summed E-state index contributed by atoms with van der Waals surface area (Å²) in [5.41, 5.74) is 0.343. The molecule has 17 heavy (non-hydrogen) atoms. The van der Waals surface area contributed by atoms with E-state index in [1.165, 1.54) is 25.7 Å². The van der Waals surface area contributed by atoms with Crippen molar-refractivity contribution in [1.82, 2.24) is 5.32 Å². The number of nitrogens with one attached hydrogen (secondary N) is 1. The maximum atomic E-state index is 5.24. The van der Waals surface area contributed by atoms with E-state index in [1.54, 1.807) is 14.2 Å². The molecule has 0 saturated heterocycles. The molecule has 0 aliphatic heterocycles. The van der Waals surface area contributed by atoms with Gasteiger partial charge in [0.05, 0.1) is 6.04 Å². The molecule has 0 saturated carbocycles. The summed E-state index contributed by atoms with van der Waals surface area (Å²) in [5.74, 6) is 0. The Morgan fingerprint density at radius 1 is 1.12 bits per heavy atom. The molecule has 0 radical (unpaired) electrons. The Balaban J connectivity index is 3.90. The molecule has 104 valence electrons. The van der Waals surface area contributed by atoms with Gasteiger partial charge in [0.25, 0.3) is 0 Å². The molecule has 0 aliphatic rings. The molecular formula is C14H31NO2. The number of methoxy groups -OCH3 is 2. The Morgan fingerprint density at radius 2 is 1.71 bits per heavy atom. The lowest BCUT2D eigenvalue weighted by atomic mass is 9.86. The Morgan fingerprint density at radius 3 is 2.18 bits per heavy atom. The molecule has 0 aromatic carbocycles. The fourth-order valence-electron chi connectivity index (χ4n) is 1.98. The first kappa shape index (κ1) is 16.9. The zero-order chi connectivity index (χ0) is 13.3. The Labute approximate surface area is 107 Å². The van der Waals surface area contributed by atoms with Crippen molar-refractivity contribution in [3.63, 3.8) is 0 Å². The lowest BCUT2D eigenvalue weighted by molar-refractivity contribution is -0.120. The first-order valence-electron chi connectivity index (χ1n) is 6.76. The van der Waals surface area contributed by atoms with E-state index < -0.39 is 0 Å². The first-order valence-corrected chi connectivity index (χ1v) is 6.76. The monoisotopic (exact) mass is 245 g/mol. The number of hydrogen-bond donors (Lipinski definition) is 1. The fourth-order valence-corrected chi connectivity index (χ4v) is 1.98. The molecule has 0 aliphatic carbocycles. The van der Waals surface area contributed by atoms with Crippen LogP contribution in [0.3, 0.4) is 0 Å². The fraction of sp³-hybridized carbons (Fsp3) is 1.00. The van der Waals surface area contributed by atoms with Crippen molar-refractivity contribution in [2.45, 2.75) is 65.7 Å². The van der Waals surface area contributed by atoms with Crippen LogP contribution in [0.4, 0.5) is 0 Å². The second kappa shape index (κ2) is 8.90. The van der Waals surface area contributed by atoms with Gasteiger partial charge in [-0.3, -0.25) is 0 Å². The summed E-state index contributed by atoms with van der Waals surface area (Å²) in [6.07, 6.45) is 5.04. The van der Waals surface area contributed by atoms with Crippen molar-refractivity contribution in [1.29, 1.82) is 0 Å². The lowest BCUT2D eigenvalue weighted by Crippen LogP contribution is -2.43. The van der Waals surface area contributed by atoms with Crippen molar-refractivity contribution in [3.8, 4) is 0 Å². The number of rotatable bonds is 10. The number of ether oxygens (including phenoxy) is 2. The second-order valence-corrected chi connectivity index (χ2v) is 5.63. The highest BCUT2D eigenvalue weighted by molar-refractivity contribution is 4.75. The quantitative estimate of drug-likeness (QED) is 0.473. The van der Waals surface area contributed by atoms with Gasteiger partial charge in [0.1, 0.15) is 0 Å². The van der Waals surface area contributed by atoms with Gasteiger partial charge >= 0.3 is 0 Å². The minimum Gasteiger partial charge on any atom is -0.354 e. The highest BCUT2D eigenvalue weighted by atomic mass is 16.7. The summed E-state index contributed by atoms with van der Waals surface area (Å²) in [7, 11) is 3.36. The summed E-state index contributed by atoms with van der Waals surface area (Å²) >= 11 is 0. The van der Waals surface area contributed by atoms with Crippen molar-refractivity contribution < 1.29 is 9.47 Å². The molecule has 3 nitrogen and oxygen atoms in total. The standard InChI is InChI=1S/C14H31NO2/c1-7-8-9-10-14(3,4)11-15-12(2)13(16-5)17-6/h12-13,15H,7-11H2,1-6H3. The third-order valence-electron chi connectivity index (χ3n) is 3.23.